The maximum absolute atomic E-state index is 12.5. The zero-order valence-electron chi connectivity index (χ0n) is 12.1. The van der Waals surface area contributed by atoms with E-state index in [4.69, 9.17) is 0 Å². The lowest BCUT2D eigenvalue weighted by Gasteiger charge is -2.22. The second-order valence-electron chi connectivity index (χ2n) is 5.42. The third-order valence-electron chi connectivity index (χ3n) is 3.00. The van der Waals surface area contributed by atoms with Gasteiger partial charge in [0.05, 0.1) is 10.5 Å². The minimum atomic E-state index is -4.67. The number of nitrogens with one attached hydrogen (secondary N) is 1. The van der Waals surface area contributed by atoms with Gasteiger partial charge in [-0.15, -0.1) is 0 Å². The topological polar surface area (TPSA) is 66.4 Å². The van der Waals surface area contributed by atoms with E-state index in [0.717, 1.165) is 6.92 Å². The Bertz CT molecular complexity index is 619. The molecule has 0 spiro atoms. The molecule has 120 valence electrons. The van der Waals surface area contributed by atoms with Crippen molar-refractivity contribution < 1.29 is 26.7 Å². The molecule has 0 aliphatic carbocycles. The largest absolute Gasteiger partial charge is 0.404 e. The number of rotatable bonds is 4. The van der Waals surface area contributed by atoms with E-state index >= 15 is 0 Å². The molecule has 0 bridgehead atoms. The third-order valence-corrected chi connectivity index (χ3v) is 4.54. The van der Waals surface area contributed by atoms with Gasteiger partial charge in [-0.05, 0) is 51.0 Å². The number of sulfonamides is 1. The molecule has 0 aliphatic heterocycles. The fourth-order valence-electron chi connectivity index (χ4n) is 1.79. The van der Waals surface area contributed by atoms with Crippen molar-refractivity contribution in [3.63, 3.8) is 0 Å². The lowest BCUT2D eigenvalue weighted by atomic mass is 9.94. The minimum absolute atomic E-state index is 0.318. The molecule has 1 atom stereocenters. The van der Waals surface area contributed by atoms with Crippen LogP contribution in [0.5, 0.6) is 0 Å². The Kier molecular flexibility index (Phi) is 4.77. The fraction of sp³-hybridized carbons (Fsp3) is 0.538. The number of halogens is 3. The van der Waals surface area contributed by atoms with Crippen LogP contribution in [0.4, 0.5) is 13.2 Å². The SMILES string of the molecule is Cc1ccc(S(=O)(=O)N[C@@H](C)C(F)(F)F)cc1C(C)(C)O. The van der Waals surface area contributed by atoms with E-state index < -0.39 is 27.8 Å². The van der Waals surface area contributed by atoms with E-state index in [9.17, 15) is 26.7 Å². The maximum Gasteiger partial charge on any atom is 0.404 e. The zero-order valence-corrected chi connectivity index (χ0v) is 12.9. The Morgan fingerprint density at radius 3 is 2.19 bits per heavy atom. The summed E-state index contributed by atoms with van der Waals surface area (Å²) >= 11 is 0. The molecule has 1 aromatic carbocycles. The first kappa shape index (κ1) is 17.9. The highest BCUT2D eigenvalue weighted by atomic mass is 32.2. The quantitative estimate of drug-likeness (QED) is 0.893. The first-order valence-corrected chi connectivity index (χ1v) is 7.66. The molecule has 8 heteroatoms. The van der Waals surface area contributed by atoms with Gasteiger partial charge in [-0.2, -0.15) is 17.9 Å². The molecule has 0 amide bonds. The average Bonchev–Trinajstić information content (AvgIpc) is 2.25. The van der Waals surface area contributed by atoms with Crippen LogP contribution in [0, 0.1) is 6.92 Å². The molecule has 1 rings (SSSR count). The number of benzene rings is 1. The van der Waals surface area contributed by atoms with Crippen LogP contribution < -0.4 is 4.72 Å². The summed E-state index contributed by atoms with van der Waals surface area (Å²) in [6.45, 7) is 5.34. The van der Waals surface area contributed by atoms with Gasteiger partial charge < -0.3 is 5.11 Å². The summed E-state index contributed by atoms with van der Waals surface area (Å²) < 4.78 is 62.9. The summed E-state index contributed by atoms with van der Waals surface area (Å²) in [7, 11) is -4.32. The number of aryl methyl sites for hydroxylation is 1. The summed E-state index contributed by atoms with van der Waals surface area (Å²) in [5.74, 6) is 0. The van der Waals surface area contributed by atoms with E-state index in [0.29, 0.717) is 11.1 Å². The predicted molar refractivity (Wildman–Crippen MR) is 72.3 cm³/mol. The Morgan fingerprint density at radius 2 is 1.76 bits per heavy atom. The third kappa shape index (κ3) is 4.42. The zero-order chi connectivity index (χ0) is 16.6. The van der Waals surface area contributed by atoms with Gasteiger partial charge in [-0.3, -0.25) is 0 Å². The molecule has 0 aliphatic rings. The van der Waals surface area contributed by atoms with Crippen molar-refractivity contribution in [2.45, 2.75) is 50.4 Å². The molecule has 0 heterocycles. The van der Waals surface area contributed by atoms with E-state index in [1.54, 1.807) is 11.6 Å². The van der Waals surface area contributed by atoms with Gasteiger partial charge in [0.25, 0.3) is 0 Å². The summed E-state index contributed by atoms with van der Waals surface area (Å²) in [4.78, 5) is -0.318. The summed E-state index contributed by atoms with van der Waals surface area (Å²) in [6, 6.07) is 1.63. The standard InChI is InChI=1S/C13H18F3NO3S/c1-8-5-6-10(7-11(8)12(3,4)18)21(19,20)17-9(2)13(14,15)16/h5-7,9,17-18H,1-4H3/t9-/m0/s1. The molecule has 0 saturated heterocycles. The molecule has 1 aromatic rings. The highest BCUT2D eigenvalue weighted by Gasteiger charge is 2.39. The van der Waals surface area contributed by atoms with E-state index in [-0.39, 0.29) is 4.90 Å². The molecule has 21 heavy (non-hydrogen) atoms. The highest BCUT2D eigenvalue weighted by molar-refractivity contribution is 7.89. The van der Waals surface area contributed by atoms with Crippen molar-refractivity contribution in [2.75, 3.05) is 0 Å². The summed E-state index contributed by atoms with van der Waals surface area (Å²) in [6.07, 6.45) is -4.67. The average molecular weight is 325 g/mol. The molecule has 0 radical (unpaired) electrons. The van der Waals surface area contributed by atoms with Crippen LogP contribution in [-0.2, 0) is 15.6 Å². The lowest BCUT2D eigenvalue weighted by Crippen LogP contribution is -2.43. The van der Waals surface area contributed by atoms with Crippen LogP contribution in [-0.4, -0.2) is 25.7 Å². The second kappa shape index (κ2) is 5.58. The minimum Gasteiger partial charge on any atom is -0.386 e. The van der Waals surface area contributed by atoms with E-state index in [2.05, 4.69) is 0 Å². The highest BCUT2D eigenvalue weighted by Crippen LogP contribution is 2.27. The van der Waals surface area contributed by atoms with Crippen molar-refractivity contribution in [3.8, 4) is 0 Å². The maximum atomic E-state index is 12.5. The lowest BCUT2D eigenvalue weighted by molar-refractivity contribution is -0.147. The first-order valence-electron chi connectivity index (χ1n) is 6.17. The van der Waals surface area contributed by atoms with Crippen LogP contribution >= 0.6 is 0 Å². The molecule has 4 nitrogen and oxygen atoms in total. The Hall–Kier alpha value is -1.12. The van der Waals surface area contributed by atoms with E-state index in [1.165, 1.54) is 32.0 Å². The van der Waals surface area contributed by atoms with Crippen molar-refractivity contribution in [2.24, 2.45) is 0 Å². The fourth-order valence-corrected chi connectivity index (χ4v) is 3.05. The van der Waals surface area contributed by atoms with Crippen LogP contribution in [0.2, 0.25) is 0 Å². The number of hydrogen-bond acceptors (Lipinski definition) is 3. The Labute approximate surface area is 122 Å². The van der Waals surface area contributed by atoms with Crippen molar-refractivity contribution >= 4 is 10.0 Å². The summed E-state index contributed by atoms with van der Waals surface area (Å²) in [5.41, 5.74) is -0.319. The molecule has 0 fully saturated rings. The van der Waals surface area contributed by atoms with Crippen molar-refractivity contribution in [3.05, 3.63) is 29.3 Å². The Balaban J connectivity index is 3.22. The van der Waals surface area contributed by atoms with Crippen molar-refractivity contribution in [1.29, 1.82) is 0 Å². The smallest absolute Gasteiger partial charge is 0.386 e. The van der Waals surface area contributed by atoms with E-state index in [1.807, 2.05) is 0 Å². The van der Waals surface area contributed by atoms with Crippen LogP contribution in [0.1, 0.15) is 31.9 Å². The number of alkyl halides is 3. The van der Waals surface area contributed by atoms with Crippen molar-refractivity contribution in [1.82, 2.24) is 4.72 Å². The van der Waals surface area contributed by atoms with Gasteiger partial charge >= 0.3 is 6.18 Å². The monoisotopic (exact) mass is 325 g/mol. The molecule has 0 saturated carbocycles. The molecular formula is C13H18F3NO3S. The van der Waals surface area contributed by atoms with Gasteiger partial charge in [0.15, 0.2) is 0 Å². The van der Waals surface area contributed by atoms with Gasteiger partial charge in [-0.25, -0.2) is 8.42 Å². The van der Waals surface area contributed by atoms with Crippen LogP contribution in [0.3, 0.4) is 0 Å². The van der Waals surface area contributed by atoms with Gasteiger partial charge in [-0.1, -0.05) is 6.07 Å². The molecule has 0 unspecified atom stereocenters. The molecule has 2 N–H and O–H groups in total. The first-order chi connectivity index (χ1) is 9.25. The number of hydrogen-bond donors (Lipinski definition) is 2. The molecular weight excluding hydrogens is 307 g/mol. The molecule has 0 aromatic heterocycles. The van der Waals surface area contributed by atoms with Gasteiger partial charge in [0.1, 0.15) is 6.04 Å². The number of aliphatic hydroxyl groups is 1. The predicted octanol–water partition coefficient (Wildman–Crippen LogP) is 2.45. The summed E-state index contributed by atoms with van der Waals surface area (Å²) in [5, 5.41) is 9.98. The van der Waals surface area contributed by atoms with Gasteiger partial charge in [0.2, 0.25) is 10.0 Å². The second-order valence-corrected chi connectivity index (χ2v) is 7.13. The normalized spacial score (nSPS) is 15.0. The van der Waals surface area contributed by atoms with Crippen LogP contribution in [0.25, 0.3) is 0 Å². The Morgan fingerprint density at radius 1 is 1.24 bits per heavy atom. The van der Waals surface area contributed by atoms with Crippen LogP contribution in [0.15, 0.2) is 23.1 Å². The van der Waals surface area contributed by atoms with Gasteiger partial charge in [0, 0.05) is 0 Å².